The number of anilines is 1. The second kappa shape index (κ2) is 11.3. The van der Waals surface area contributed by atoms with Crippen molar-refractivity contribution in [1.82, 2.24) is 34.5 Å². The van der Waals surface area contributed by atoms with Crippen LogP contribution in [0.25, 0.3) is 5.69 Å². The molecule has 41 heavy (non-hydrogen) atoms. The highest BCUT2D eigenvalue weighted by atomic mass is 35.5. The van der Waals surface area contributed by atoms with Gasteiger partial charge < -0.3 is 15.5 Å². The average molecular weight is 595 g/mol. The fraction of sp³-hybridized carbons (Fsp3) is 0.286. The summed E-state index contributed by atoms with van der Waals surface area (Å²) < 4.78 is 3.07. The number of halogens is 2. The highest BCUT2D eigenvalue weighted by Gasteiger charge is 2.32. The zero-order chi connectivity index (χ0) is 29.4. The molecule has 2 N–H and O–H groups in total. The minimum absolute atomic E-state index is 0.131. The van der Waals surface area contributed by atoms with Gasteiger partial charge in [-0.15, -0.1) is 0 Å². The van der Waals surface area contributed by atoms with Gasteiger partial charge in [0.05, 0.1) is 34.0 Å². The third-order valence-corrected chi connectivity index (χ3v) is 7.75. The third-order valence-electron chi connectivity index (χ3n) is 7.01. The SMILES string of the molecule is CNC(=O)c1ccc(-n2c(NC(C)c3ncn(C)n3)nc3c(c2=O)C[C@@H](C)N(C(=O)c2ccc(Cl)c(Cl)c2)C3)cc1. The predicted molar refractivity (Wildman–Crippen MR) is 156 cm³/mol. The summed E-state index contributed by atoms with van der Waals surface area (Å²) in [5, 5.41) is 10.9. The standard InChI is InChI=1S/C28H28Cl2N8O3/c1-15-11-20-23(13-37(15)26(40)18-7-10-21(29)22(30)12-18)34-28(33-16(2)24-32-14-36(4)35-24)38(27(20)41)19-8-5-17(6-9-19)25(39)31-3/h5-10,12,14-16H,11,13H2,1-4H3,(H,31,39)(H,33,34)/t15-,16?/m1/s1. The van der Waals surface area contributed by atoms with Crippen LogP contribution in [0.3, 0.4) is 0 Å². The molecule has 0 saturated heterocycles. The van der Waals surface area contributed by atoms with Gasteiger partial charge in [-0.2, -0.15) is 5.10 Å². The summed E-state index contributed by atoms with van der Waals surface area (Å²) in [7, 11) is 3.32. The van der Waals surface area contributed by atoms with Gasteiger partial charge in [-0.1, -0.05) is 23.2 Å². The van der Waals surface area contributed by atoms with Crippen LogP contribution >= 0.6 is 23.2 Å². The number of nitrogens with zero attached hydrogens (tertiary/aromatic N) is 6. The molecular weight excluding hydrogens is 567 g/mol. The Bertz CT molecular complexity index is 1700. The van der Waals surface area contributed by atoms with Crippen molar-refractivity contribution in [3.8, 4) is 5.69 Å². The van der Waals surface area contributed by atoms with Crippen LogP contribution in [-0.4, -0.2) is 54.1 Å². The molecule has 2 aromatic heterocycles. The zero-order valence-corrected chi connectivity index (χ0v) is 24.4. The van der Waals surface area contributed by atoms with E-state index >= 15 is 0 Å². The van der Waals surface area contributed by atoms with Crippen molar-refractivity contribution in [1.29, 1.82) is 0 Å². The molecule has 212 valence electrons. The first-order chi connectivity index (χ1) is 19.6. The number of fused-ring (bicyclic) bond motifs is 1. The van der Waals surface area contributed by atoms with E-state index in [1.165, 1.54) is 10.6 Å². The number of amides is 2. The lowest BCUT2D eigenvalue weighted by Gasteiger charge is -2.35. The predicted octanol–water partition coefficient (Wildman–Crippen LogP) is 3.79. The molecule has 5 rings (SSSR count). The van der Waals surface area contributed by atoms with Gasteiger partial charge in [0.15, 0.2) is 5.82 Å². The van der Waals surface area contributed by atoms with Gasteiger partial charge in [-0.05, 0) is 62.7 Å². The number of carbonyl (C=O) groups is 2. The average Bonchev–Trinajstić information content (AvgIpc) is 3.40. The maximum absolute atomic E-state index is 14.0. The zero-order valence-electron chi connectivity index (χ0n) is 22.9. The molecule has 13 heteroatoms. The highest BCUT2D eigenvalue weighted by Crippen LogP contribution is 2.28. The summed E-state index contributed by atoms with van der Waals surface area (Å²) in [6.45, 7) is 3.88. The highest BCUT2D eigenvalue weighted by molar-refractivity contribution is 6.42. The van der Waals surface area contributed by atoms with Crippen molar-refractivity contribution < 1.29 is 9.59 Å². The summed E-state index contributed by atoms with van der Waals surface area (Å²) in [6, 6.07) is 10.8. The van der Waals surface area contributed by atoms with Gasteiger partial charge in [-0.25, -0.2) is 14.5 Å². The van der Waals surface area contributed by atoms with Gasteiger partial charge in [0.25, 0.3) is 17.4 Å². The molecular formula is C28H28Cl2N8O3. The van der Waals surface area contributed by atoms with Crippen molar-refractivity contribution in [2.45, 2.75) is 38.9 Å². The maximum Gasteiger partial charge on any atom is 0.263 e. The summed E-state index contributed by atoms with van der Waals surface area (Å²) in [5.41, 5.74) is 2.13. The van der Waals surface area contributed by atoms with Crippen LogP contribution in [0.1, 0.15) is 57.7 Å². The number of benzene rings is 2. The van der Waals surface area contributed by atoms with Gasteiger partial charge in [0, 0.05) is 36.8 Å². The van der Waals surface area contributed by atoms with Crippen molar-refractivity contribution >= 4 is 41.0 Å². The molecule has 2 atom stereocenters. The molecule has 2 aromatic carbocycles. The van der Waals surface area contributed by atoms with E-state index in [1.54, 1.807) is 66.4 Å². The van der Waals surface area contributed by atoms with Gasteiger partial charge in [0.1, 0.15) is 6.33 Å². The van der Waals surface area contributed by atoms with E-state index in [0.29, 0.717) is 45.3 Å². The molecule has 0 bridgehead atoms. The summed E-state index contributed by atoms with van der Waals surface area (Å²) in [4.78, 5) is 50.4. The van der Waals surface area contributed by atoms with Crippen LogP contribution in [0.2, 0.25) is 10.0 Å². The summed E-state index contributed by atoms with van der Waals surface area (Å²) >= 11 is 12.2. The van der Waals surface area contributed by atoms with Crippen LogP contribution in [0.4, 0.5) is 5.95 Å². The molecule has 3 heterocycles. The van der Waals surface area contributed by atoms with Gasteiger partial charge in [0.2, 0.25) is 5.95 Å². The van der Waals surface area contributed by atoms with Crippen LogP contribution in [0.15, 0.2) is 53.6 Å². The third kappa shape index (κ3) is 5.55. The topological polar surface area (TPSA) is 127 Å². The molecule has 1 aliphatic heterocycles. The number of aryl methyl sites for hydroxylation is 1. The number of rotatable bonds is 6. The Morgan fingerprint density at radius 1 is 1.07 bits per heavy atom. The first-order valence-corrected chi connectivity index (χ1v) is 13.7. The number of hydrogen-bond acceptors (Lipinski definition) is 7. The molecule has 0 spiro atoms. The fourth-order valence-electron chi connectivity index (χ4n) is 4.78. The van der Waals surface area contributed by atoms with Crippen molar-refractivity contribution in [3.63, 3.8) is 0 Å². The van der Waals surface area contributed by atoms with E-state index in [1.807, 2.05) is 13.8 Å². The molecule has 11 nitrogen and oxygen atoms in total. The Kier molecular flexibility index (Phi) is 7.83. The normalized spacial score (nSPS) is 15.3. The number of carbonyl (C=O) groups excluding carboxylic acids is 2. The first-order valence-electron chi connectivity index (χ1n) is 12.9. The molecule has 0 saturated carbocycles. The maximum atomic E-state index is 14.0. The molecule has 0 aliphatic carbocycles. The summed E-state index contributed by atoms with van der Waals surface area (Å²) in [5.74, 6) is 0.308. The Morgan fingerprint density at radius 2 is 1.78 bits per heavy atom. The van der Waals surface area contributed by atoms with Crippen LogP contribution < -0.4 is 16.2 Å². The Labute approximate surface area is 246 Å². The largest absolute Gasteiger partial charge is 0.355 e. The fourth-order valence-corrected chi connectivity index (χ4v) is 5.08. The van der Waals surface area contributed by atoms with Gasteiger partial charge >= 0.3 is 0 Å². The van der Waals surface area contributed by atoms with E-state index in [4.69, 9.17) is 28.2 Å². The van der Waals surface area contributed by atoms with Crippen molar-refractivity contribution in [2.24, 2.45) is 7.05 Å². The summed E-state index contributed by atoms with van der Waals surface area (Å²) in [6.07, 6.45) is 1.90. The number of aromatic nitrogens is 5. The minimum Gasteiger partial charge on any atom is -0.355 e. The second-order valence-corrected chi connectivity index (χ2v) is 10.7. The second-order valence-electron chi connectivity index (χ2n) is 9.88. The Balaban J connectivity index is 1.57. The van der Waals surface area contributed by atoms with Crippen LogP contribution in [0.5, 0.6) is 0 Å². The van der Waals surface area contributed by atoms with E-state index in [0.717, 1.165) is 0 Å². The Hall–Kier alpha value is -4.22. The number of nitrogens with one attached hydrogen (secondary N) is 2. The van der Waals surface area contributed by atoms with Crippen molar-refractivity contribution in [2.75, 3.05) is 12.4 Å². The van der Waals surface area contributed by atoms with Gasteiger partial charge in [-0.3, -0.25) is 19.1 Å². The molecule has 1 aliphatic rings. The molecule has 0 fully saturated rings. The van der Waals surface area contributed by atoms with E-state index < -0.39 is 6.04 Å². The number of hydrogen-bond donors (Lipinski definition) is 2. The van der Waals surface area contributed by atoms with E-state index in [-0.39, 0.29) is 40.9 Å². The monoisotopic (exact) mass is 594 g/mol. The van der Waals surface area contributed by atoms with Crippen LogP contribution in [0, 0.1) is 0 Å². The van der Waals surface area contributed by atoms with E-state index in [9.17, 15) is 14.4 Å². The van der Waals surface area contributed by atoms with Crippen molar-refractivity contribution in [3.05, 3.63) is 97.4 Å². The molecule has 4 aromatic rings. The lowest BCUT2D eigenvalue weighted by Crippen LogP contribution is -2.46. The molecule has 1 unspecified atom stereocenters. The molecule has 0 radical (unpaired) electrons. The smallest absolute Gasteiger partial charge is 0.263 e. The van der Waals surface area contributed by atoms with E-state index in [2.05, 4.69) is 20.7 Å². The lowest BCUT2D eigenvalue weighted by atomic mass is 9.98. The first kappa shape index (κ1) is 28.3. The lowest BCUT2D eigenvalue weighted by molar-refractivity contribution is 0.0653. The quantitative estimate of drug-likeness (QED) is 0.347. The Morgan fingerprint density at radius 3 is 2.41 bits per heavy atom. The van der Waals surface area contributed by atoms with Crippen LogP contribution in [-0.2, 0) is 20.0 Å². The minimum atomic E-state index is -0.394. The molecule has 2 amide bonds.